The van der Waals surface area contributed by atoms with Gasteiger partial charge in [0.25, 0.3) is 0 Å². The molecule has 1 aliphatic heterocycles. The number of nitrogens with zero attached hydrogens (tertiary/aromatic N) is 2. The van der Waals surface area contributed by atoms with Gasteiger partial charge in [0.2, 0.25) is 0 Å². The molecule has 0 spiro atoms. The van der Waals surface area contributed by atoms with Gasteiger partial charge in [0, 0.05) is 12.0 Å². The molecule has 0 aromatic heterocycles. The van der Waals surface area contributed by atoms with Gasteiger partial charge in [0.15, 0.2) is 0 Å². The van der Waals surface area contributed by atoms with Crippen LogP contribution in [0.3, 0.4) is 0 Å². The number of hydrogen-bond donors (Lipinski definition) is 2. The van der Waals surface area contributed by atoms with Gasteiger partial charge >= 0.3 is 12.1 Å². The molecule has 9 heteroatoms. The molecular formula is C24H32F2N4O3. The lowest BCUT2D eigenvalue weighted by molar-refractivity contribution is 0.0485. The first-order valence-electron chi connectivity index (χ1n) is 11.2. The summed E-state index contributed by atoms with van der Waals surface area (Å²) in [5, 5.41) is 2.90. The van der Waals surface area contributed by atoms with Gasteiger partial charge in [-0.05, 0) is 76.1 Å². The van der Waals surface area contributed by atoms with Crippen molar-refractivity contribution in [1.29, 1.82) is 0 Å². The van der Waals surface area contributed by atoms with Crippen LogP contribution >= 0.6 is 0 Å². The second-order valence-electron chi connectivity index (χ2n) is 9.62. The van der Waals surface area contributed by atoms with E-state index < -0.39 is 29.5 Å². The summed E-state index contributed by atoms with van der Waals surface area (Å²) >= 11 is 0. The zero-order chi connectivity index (χ0) is 24.2. The van der Waals surface area contributed by atoms with Gasteiger partial charge < -0.3 is 15.8 Å². The van der Waals surface area contributed by atoms with Crippen LogP contribution in [0.4, 0.5) is 18.4 Å². The fourth-order valence-electron chi connectivity index (χ4n) is 4.32. The van der Waals surface area contributed by atoms with Crippen molar-refractivity contribution < 1.29 is 23.1 Å². The van der Waals surface area contributed by atoms with Crippen LogP contribution in [-0.2, 0) is 11.3 Å². The number of alkyl carbamates (subject to hydrolysis) is 1. The number of amides is 3. The fourth-order valence-corrected chi connectivity index (χ4v) is 4.32. The molecule has 0 saturated heterocycles. The van der Waals surface area contributed by atoms with Crippen LogP contribution in [0.1, 0.15) is 52.0 Å². The molecule has 0 radical (unpaired) electrons. The Bertz CT molecular complexity index is 917. The molecule has 1 saturated carbocycles. The first-order valence-corrected chi connectivity index (χ1v) is 11.2. The normalized spacial score (nSPS) is 24.9. The third-order valence-electron chi connectivity index (χ3n) is 5.85. The molecule has 3 amide bonds. The van der Waals surface area contributed by atoms with Crippen LogP contribution in [0.25, 0.3) is 0 Å². The number of urea groups is 1. The molecule has 1 atom stereocenters. The molecule has 1 heterocycles. The molecule has 1 aliphatic carbocycles. The number of ether oxygens (including phenoxy) is 1. The van der Waals surface area contributed by atoms with Crippen LogP contribution in [0, 0.1) is 17.7 Å². The Balaban J connectivity index is 1.71. The minimum atomic E-state index is -0.763. The maximum Gasteiger partial charge on any atom is 0.407 e. The monoisotopic (exact) mass is 462 g/mol. The van der Waals surface area contributed by atoms with Crippen molar-refractivity contribution in [3.05, 3.63) is 47.5 Å². The Morgan fingerprint density at radius 1 is 1.15 bits per heavy atom. The maximum atomic E-state index is 14.4. The van der Waals surface area contributed by atoms with E-state index in [0.29, 0.717) is 18.7 Å². The Kier molecular flexibility index (Phi) is 7.71. The minimum absolute atomic E-state index is 0.0274. The molecule has 1 aromatic carbocycles. The highest BCUT2D eigenvalue weighted by Crippen LogP contribution is 2.35. The molecule has 1 aromatic rings. The molecule has 0 bridgehead atoms. The van der Waals surface area contributed by atoms with Gasteiger partial charge in [0.1, 0.15) is 23.1 Å². The lowest BCUT2D eigenvalue weighted by atomic mass is 9.76. The van der Waals surface area contributed by atoms with Crippen molar-refractivity contribution in [3.8, 4) is 0 Å². The number of carbonyl (C=O) groups is 2. The van der Waals surface area contributed by atoms with Gasteiger partial charge in [-0.2, -0.15) is 0 Å². The number of aliphatic imine (C=N–C) groups is 1. The molecular weight excluding hydrogens is 430 g/mol. The van der Waals surface area contributed by atoms with Crippen molar-refractivity contribution in [3.63, 3.8) is 0 Å². The predicted molar refractivity (Wildman–Crippen MR) is 122 cm³/mol. The van der Waals surface area contributed by atoms with E-state index in [1.807, 2.05) is 20.8 Å². The average Bonchev–Trinajstić information content (AvgIpc) is 2.72. The molecule has 1 unspecified atom stereocenters. The zero-order valence-electron chi connectivity index (χ0n) is 19.3. The number of primary amides is 1. The Labute approximate surface area is 193 Å². The second-order valence-corrected chi connectivity index (χ2v) is 9.62. The summed E-state index contributed by atoms with van der Waals surface area (Å²) in [4.78, 5) is 29.9. The van der Waals surface area contributed by atoms with Crippen molar-refractivity contribution in [2.75, 3.05) is 6.54 Å². The molecule has 33 heavy (non-hydrogen) atoms. The van der Waals surface area contributed by atoms with Crippen molar-refractivity contribution >= 4 is 18.0 Å². The molecule has 2 aliphatic rings. The van der Waals surface area contributed by atoms with Crippen LogP contribution in [0.5, 0.6) is 0 Å². The van der Waals surface area contributed by atoms with E-state index in [9.17, 15) is 18.4 Å². The van der Waals surface area contributed by atoms with Gasteiger partial charge in [-0.1, -0.05) is 12.1 Å². The number of benzene rings is 1. The molecule has 1 fully saturated rings. The average molecular weight is 463 g/mol. The number of nitrogens with one attached hydrogen (secondary N) is 1. The molecule has 180 valence electrons. The van der Waals surface area contributed by atoms with Crippen LogP contribution < -0.4 is 11.1 Å². The third-order valence-corrected chi connectivity index (χ3v) is 5.85. The molecule has 3 rings (SSSR count). The summed E-state index contributed by atoms with van der Waals surface area (Å²) in [6, 6.07) is 5.14. The van der Waals surface area contributed by atoms with Crippen molar-refractivity contribution in [1.82, 2.24) is 10.2 Å². The highest BCUT2D eigenvalue weighted by Gasteiger charge is 2.37. The largest absolute Gasteiger partial charge is 0.444 e. The van der Waals surface area contributed by atoms with E-state index >= 15 is 0 Å². The first-order chi connectivity index (χ1) is 15.5. The van der Waals surface area contributed by atoms with Crippen molar-refractivity contribution in [2.24, 2.45) is 22.6 Å². The lowest BCUT2D eigenvalue weighted by Gasteiger charge is -2.38. The van der Waals surface area contributed by atoms with Gasteiger partial charge in [0.05, 0.1) is 13.1 Å². The van der Waals surface area contributed by atoms with Crippen LogP contribution in [0.2, 0.25) is 0 Å². The van der Waals surface area contributed by atoms with Crippen molar-refractivity contribution in [2.45, 2.75) is 64.6 Å². The Morgan fingerprint density at radius 2 is 1.79 bits per heavy atom. The highest BCUT2D eigenvalue weighted by atomic mass is 19.1. The Morgan fingerprint density at radius 3 is 2.36 bits per heavy atom. The van der Waals surface area contributed by atoms with Gasteiger partial charge in [-0.15, -0.1) is 0 Å². The first kappa shape index (κ1) is 24.7. The number of rotatable bonds is 4. The molecule has 7 nitrogen and oxygen atoms in total. The number of halogens is 2. The summed E-state index contributed by atoms with van der Waals surface area (Å²) in [6.45, 7) is 5.41. The van der Waals surface area contributed by atoms with Gasteiger partial charge in [-0.3, -0.25) is 9.89 Å². The second kappa shape index (κ2) is 10.3. The lowest BCUT2D eigenvalue weighted by Crippen LogP contribution is -2.49. The third kappa shape index (κ3) is 7.00. The predicted octanol–water partition coefficient (Wildman–Crippen LogP) is 4.67. The van der Waals surface area contributed by atoms with E-state index in [0.717, 1.165) is 18.4 Å². The SMILES string of the molecule is CC(C)(C)OC(=O)NC1CCC(C2C=C(F)CN(C(N)=O)C2=NCc2ccc(F)cc2)CC1. The standard InChI is InChI=1S/C24H32F2N4O3/c1-24(2,3)33-23(32)29-19-10-6-16(7-11-19)20-12-18(26)14-30(22(27)31)21(20)28-13-15-4-8-17(25)9-5-15/h4-5,8-9,12,16,19-20H,6-7,10-11,13-14H2,1-3H3,(H2,27,31)(H,29,32). The summed E-state index contributed by atoms with van der Waals surface area (Å²) in [6.07, 6.45) is 3.93. The Hall–Kier alpha value is -2.97. The minimum Gasteiger partial charge on any atom is -0.444 e. The summed E-state index contributed by atoms with van der Waals surface area (Å²) < 4.78 is 33.0. The van der Waals surface area contributed by atoms with Gasteiger partial charge in [-0.25, -0.2) is 18.4 Å². The topological polar surface area (TPSA) is 97.0 Å². The van der Waals surface area contributed by atoms with Crippen LogP contribution in [0.15, 0.2) is 41.2 Å². The van der Waals surface area contributed by atoms with E-state index in [4.69, 9.17) is 10.5 Å². The van der Waals surface area contributed by atoms with Crippen LogP contribution in [-0.4, -0.2) is 41.0 Å². The van der Waals surface area contributed by atoms with E-state index in [1.54, 1.807) is 12.1 Å². The van der Waals surface area contributed by atoms with E-state index in [1.165, 1.54) is 23.1 Å². The molecule has 3 N–H and O–H groups in total. The summed E-state index contributed by atoms with van der Waals surface area (Å²) in [5.74, 6) is -0.705. The summed E-state index contributed by atoms with van der Waals surface area (Å²) in [7, 11) is 0. The highest BCUT2D eigenvalue weighted by molar-refractivity contribution is 6.00. The zero-order valence-corrected chi connectivity index (χ0v) is 19.3. The number of carbonyl (C=O) groups excluding carboxylic acids is 2. The van der Waals surface area contributed by atoms with E-state index in [2.05, 4.69) is 10.3 Å². The summed E-state index contributed by atoms with van der Waals surface area (Å²) in [5.41, 5.74) is 5.73. The number of nitrogens with two attached hydrogens (primary N) is 1. The number of hydrogen-bond acceptors (Lipinski definition) is 4. The number of amidine groups is 1. The fraction of sp³-hybridized carbons (Fsp3) is 0.542. The maximum absolute atomic E-state index is 14.4. The quantitative estimate of drug-likeness (QED) is 0.680. The smallest absolute Gasteiger partial charge is 0.407 e. The van der Waals surface area contributed by atoms with E-state index in [-0.39, 0.29) is 30.9 Å².